The molecule has 0 radical (unpaired) electrons. The van der Waals surface area contributed by atoms with Crippen LogP contribution < -0.4 is 0 Å². The first-order valence-electron chi connectivity index (χ1n) is 8.33. The molecule has 1 saturated carbocycles. The Labute approximate surface area is 133 Å². The van der Waals surface area contributed by atoms with Crippen molar-refractivity contribution in [1.29, 1.82) is 0 Å². The summed E-state index contributed by atoms with van der Waals surface area (Å²) in [5.41, 5.74) is 4.83. The second kappa shape index (κ2) is 6.08. The SMILES string of the molecule is CCc1ccc(C2CC2C(=O)c2ccc(C(C)C)cc2)cc1. The lowest BCUT2D eigenvalue weighted by Gasteiger charge is -2.06. The molecule has 2 atom stereocenters. The van der Waals surface area contributed by atoms with Crippen LogP contribution in [-0.2, 0) is 6.42 Å². The Kier molecular flexibility index (Phi) is 4.15. The van der Waals surface area contributed by atoms with Gasteiger partial charge >= 0.3 is 0 Å². The minimum atomic E-state index is 0.178. The second-order valence-corrected chi connectivity index (χ2v) is 6.68. The maximum absolute atomic E-state index is 12.6. The first-order chi connectivity index (χ1) is 10.6. The Morgan fingerprint density at radius 3 is 2.23 bits per heavy atom. The molecule has 1 aliphatic carbocycles. The van der Waals surface area contributed by atoms with Crippen LogP contribution in [0.4, 0.5) is 0 Å². The molecule has 0 spiro atoms. The monoisotopic (exact) mass is 292 g/mol. The van der Waals surface area contributed by atoms with Crippen LogP contribution in [0.3, 0.4) is 0 Å². The smallest absolute Gasteiger partial charge is 0.166 e. The fourth-order valence-corrected chi connectivity index (χ4v) is 3.10. The highest BCUT2D eigenvalue weighted by atomic mass is 16.1. The highest BCUT2D eigenvalue weighted by Crippen LogP contribution is 2.49. The number of hydrogen-bond donors (Lipinski definition) is 0. The van der Waals surface area contributed by atoms with E-state index in [1.54, 1.807) is 0 Å². The summed E-state index contributed by atoms with van der Waals surface area (Å²) < 4.78 is 0. The highest BCUT2D eigenvalue weighted by molar-refractivity contribution is 6.00. The second-order valence-electron chi connectivity index (χ2n) is 6.68. The lowest BCUT2D eigenvalue weighted by Crippen LogP contribution is -2.03. The van der Waals surface area contributed by atoms with Gasteiger partial charge in [-0.05, 0) is 41.4 Å². The molecule has 0 amide bonds. The molecule has 2 unspecified atom stereocenters. The predicted molar refractivity (Wildman–Crippen MR) is 91.5 cm³/mol. The zero-order chi connectivity index (χ0) is 15.7. The van der Waals surface area contributed by atoms with Crippen molar-refractivity contribution >= 4 is 5.78 Å². The van der Waals surface area contributed by atoms with E-state index in [0.29, 0.717) is 17.6 Å². The Bertz CT molecular complexity index is 649. The van der Waals surface area contributed by atoms with Gasteiger partial charge in [-0.1, -0.05) is 69.3 Å². The molecule has 114 valence electrons. The molecule has 0 saturated heterocycles. The molecule has 0 aromatic heterocycles. The van der Waals surface area contributed by atoms with E-state index >= 15 is 0 Å². The van der Waals surface area contributed by atoms with Gasteiger partial charge in [0.25, 0.3) is 0 Å². The normalized spacial score (nSPS) is 20.2. The number of Topliss-reactive ketones (excluding diaryl/α,β-unsaturated/α-hetero) is 1. The molecule has 1 heteroatoms. The lowest BCUT2D eigenvalue weighted by atomic mass is 9.98. The van der Waals surface area contributed by atoms with Crippen molar-refractivity contribution in [3.8, 4) is 0 Å². The molecule has 2 aromatic rings. The fraction of sp³-hybridized carbons (Fsp3) is 0.381. The predicted octanol–water partition coefficient (Wildman–Crippen LogP) is 5.36. The van der Waals surface area contributed by atoms with E-state index in [2.05, 4.69) is 57.2 Å². The van der Waals surface area contributed by atoms with Gasteiger partial charge in [-0.3, -0.25) is 4.79 Å². The van der Waals surface area contributed by atoms with Gasteiger partial charge in [-0.15, -0.1) is 0 Å². The first kappa shape index (κ1) is 15.0. The van der Waals surface area contributed by atoms with Crippen molar-refractivity contribution in [1.82, 2.24) is 0 Å². The standard InChI is InChI=1S/C21H24O/c1-4-15-5-7-17(8-6-15)19-13-20(19)21(22)18-11-9-16(10-12-18)14(2)3/h5-12,14,19-20H,4,13H2,1-3H3. The molecule has 0 N–H and O–H groups in total. The Morgan fingerprint density at radius 2 is 1.68 bits per heavy atom. The molecule has 1 nitrogen and oxygen atoms in total. The van der Waals surface area contributed by atoms with E-state index in [4.69, 9.17) is 0 Å². The Balaban J connectivity index is 1.69. The molecular weight excluding hydrogens is 268 g/mol. The topological polar surface area (TPSA) is 17.1 Å². The third-order valence-electron chi connectivity index (χ3n) is 4.81. The molecule has 1 fully saturated rings. The third kappa shape index (κ3) is 2.99. The summed E-state index contributed by atoms with van der Waals surface area (Å²) in [6.45, 7) is 6.51. The van der Waals surface area contributed by atoms with Crippen LogP contribution >= 0.6 is 0 Å². The number of carbonyl (C=O) groups is 1. The van der Waals surface area contributed by atoms with Crippen molar-refractivity contribution in [2.75, 3.05) is 0 Å². The van der Waals surface area contributed by atoms with Gasteiger partial charge in [-0.2, -0.15) is 0 Å². The molecule has 0 aliphatic heterocycles. The minimum Gasteiger partial charge on any atom is -0.294 e. The summed E-state index contributed by atoms with van der Waals surface area (Å²) in [6, 6.07) is 16.9. The molecule has 3 rings (SSSR count). The van der Waals surface area contributed by atoms with Gasteiger partial charge in [0.15, 0.2) is 5.78 Å². The number of carbonyl (C=O) groups excluding carboxylic acids is 1. The Morgan fingerprint density at radius 1 is 1.05 bits per heavy atom. The van der Waals surface area contributed by atoms with E-state index in [1.807, 2.05) is 12.1 Å². The molecule has 22 heavy (non-hydrogen) atoms. The Hall–Kier alpha value is -1.89. The average Bonchev–Trinajstić information content (AvgIpc) is 3.35. The average molecular weight is 292 g/mol. The van der Waals surface area contributed by atoms with Crippen molar-refractivity contribution in [2.45, 2.75) is 45.4 Å². The van der Waals surface area contributed by atoms with Crippen LogP contribution in [0.25, 0.3) is 0 Å². The van der Waals surface area contributed by atoms with Crippen molar-refractivity contribution in [2.24, 2.45) is 5.92 Å². The number of ketones is 1. The number of hydrogen-bond acceptors (Lipinski definition) is 1. The van der Waals surface area contributed by atoms with Gasteiger partial charge in [0.2, 0.25) is 0 Å². The van der Waals surface area contributed by atoms with Gasteiger partial charge in [-0.25, -0.2) is 0 Å². The molecule has 0 heterocycles. The molecule has 0 bridgehead atoms. The van der Waals surface area contributed by atoms with Crippen molar-refractivity contribution in [3.05, 3.63) is 70.8 Å². The summed E-state index contributed by atoms with van der Waals surface area (Å²) in [5.74, 6) is 1.41. The van der Waals surface area contributed by atoms with Crippen LogP contribution in [0.5, 0.6) is 0 Å². The van der Waals surface area contributed by atoms with Crippen LogP contribution in [0.1, 0.15) is 66.1 Å². The third-order valence-corrected chi connectivity index (χ3v) is 4.81. The van der Waals surface area contributed by atoms with E-state index in [9.17, 15) is 4.79 Å². The van der Waals surface area contributed by atoms with E-state index in [-0.39, 0.29) is 5.92 Å². The first-order valence-corrected chi connectivity index (χ1v) is 8.33. The molecule has 1 aliphatic rings. The zero-order valence-corrected chi connectivity index (χ0v) is 13.7. The van der Waals surface area contributed by atoms with Crippen molar-refractivity contribution < 1.29 is 4.79 Å². The molecular formula is C21H24O. The highest BCUT2D eigenvalue weighted by Gasteiger charge is 2.43. The van der Waals surface area contributed by atoms with Crippen LogP contribution in [0.2, 0.25) is 0 Å². The summed E-state index contributed by atoms with van der Waals surface area (Å²) in [6.07, 6.45) is 2.06. The summed E-state index contributed by atoms with van der Waals surface area (Å²) in [4.78, 5) is 12.6. The summed E-state index contributed by atoms with van der Waals surface area (Å²) >= 11 is 0. The zero-order valence-electron chi connectivity index (χ0n) is 13.7. The van der Waals surface area contributed by atoms with Crippen molar-refractivity contribution in [3.63, 3.8) is 0 Å². The van der Waals surface area contributed by atoms with Gasteiger partial charge < -0.3 is 0 Å². The van der Waals surface area contributed by atoms with Gasteiger partial charge in [0.05, 0.1) is 0 Å². The number of rotatable bonds is 5. The van der Waals surface area contributed by atoms with Gasteiger partial charge in [0, 0.05) is 11.5 Å². The van der Waals surface area contributed by atoms with Crippen LogP contribution in [-0.4, -0.2) is 5.78 Å². The van der Waals surface area contributed by atoms with Crippen LogP contribution in [0.15, 0.2) is 48.5 Å². The summed E-state index contributed by atoms with van der Waals surface area (Å²) in [5, 5.41) is 0. The van der Waals surface area contributed by atoms with E-state index in [0.717, 1.165) is 18.4 Å². The maximum atomic E-state index is 12.6. The quantitative estimate of drug-likeness (QED) is 0.678. The number of benzene rings is 2. The minimum absolute atomic E-state index is 0.178. The maximum Gasteiger partial charge on any atom is 0.166 e. The summed E-state index contributed by atoms with van der Waals surface area (Å²) in [7, 11) is 0. The molecule has 2 aromatic carbocycles. The largest absolute Gasteiger partial charge is 0.294 e. The van der Waals surface area contributed by atoms with Gasteiger partial charge in [0.1, 0.15) is 0 Å². The van der Waals surface area contributed by atoms with E-state index < -0.39 is 0 Å². The fourth-order valence-electron chi connectivity index (χ4n) is 3.10. The number of aryl methyl sites for hydroxylation is 1. The lowest BCUT2D eigenvalue weighted by molar-refractivity contribution is 0.0965. The van der Waals surface area contributed by atoms with E-state index in [1.165, 1.54) is 16.7 Å². The van der Waals surface area contributed by atoms with Crippen LogP contribution in [0, 0.1) is 5.92 Å².